The minimum atomic E-state index is -1.27. The van der Waals surface area contributed by atoms with E-state index in [1.165, 1.54) is 10.9 Å². The van der Waals surface area contributed by atoms with E-state index in [4.69, 9.17) is 15.2 Å². The van der Waals surface area contributed by atoms with Gasteiger partial charge in [-0.2, -0.15) is 0 Å². The summed E-state index contributed by atoms with van der Waals surface area (Å²) in [6.45, 7) is 0.452. The molecule has 1 aliphatic rings. The third kappa shape index (κ3) is 2.76. The molecule has 2 aromatic rings. The van der Waals surface area contributed by atoms with Crippen LogP contribution >= 0.6 is 0 Å². The number of aliphatic hydroxyl groups excluding tert-OH is 3. The smallest absolute Gasteiger partial charge is 0.207 e. The molecule has 0 bridgehead atoms. The molecule has 3 rings (SSSR count). The lowest BCUT2D eigenvalue weighted by molar-refractivity contribution is -0.0501. The van der Waals surface area contributed by atoms with Crippen molar-refractivity contribution in [1.29, 1.82) is 0 Å². The Balaban J connectivity index is 2.04. The average Bonchev–Trinajstić information content (AvgIpc) is 3.07. The number of fused-ring (bicyclic) bond motifs is 1. The van der Waals surface area contributed by atoms with Gasteiger partial charge in [0.15, 0.2) is 23.2 Å². The molecule has 4 atom stereocenters. The summed E-state index contributed by atoms with van der Waals surface area (Å²) in [7, 11) is 1.57. The molecule has 0 spiro atoms. The van der Waals surface area contributed by atoms with Crippen molar-refractivity contribution in [2.45, 2.75) is 24.5 Å². The lowest BCUT2D eigenvalue weighted by Crippen LogP contribution is -2.33. The van der Waals surface area contributed by atoms with Gasteiger partial charge in [-0.05, 0) is 0 Å². The second-order valence-electron chi connectivity index (χ2n) is 5.38. The van der Waals surface area contributed by atoms with E-state index in [1.54, 1.807) is 7.11 Å². The van der Waals surface area contributed by atoms with Crippen LogP contribution in [0.1, 0.15) is 6.23 Å². The molecule has 2 aromatic heterocycles. The van der Waals surface area contributed by atoms with Crippen LogP contribution in [0, 0.1) is 0 Å². The van der Waals surface area contributed by atoms with Crippen LogP contribution < -0.4 is 11.1 Å². The molecular weight excluding hydrogens is 320 g/mol. The maximum Gasteiger partial charge on any atom is 0.207 e. The Bertz CT molecular complexity index is 709. The summed E-state index contributed by atoms with van der Waals surface area (Å²) in [5.74, 6) is 0.518. The first-order valence-corrected chi connectivity index (χ1v) is 7.42. The van der Waals surface area contributed by atoms with Crippen LogP contribution in [0.15, 0.2) is 6.33 Å². The van der Waals surface area contributed by atoms with E-state index in [1.807, 2.05) is 0 Å². The SMILES string of the molecule is COCCNc1nc2c(N)ncnc2n1[C@@H]1O[C@@H](CO)[C@@H](O)[C@H]1O. The minimum absolute atomic E-state index is 0.181. The monoisotopic (exact) mass is 340 g/mol. The molecule has 0 amide bonds. The Labute approximate surface area is 137 Å². The summed E-state index contributed by atoms with van der Waals surface area (Å²) in [5, 5.41) is 32.6. The van der Waals surface area contributed by atoms with E-state index in [9.17, 15) is 15.3 Å². The zero-order valence-electron chi connectivity index (χ0n) is 13.0. The van der Waals surface area contributed by atoms with Gasteiger partial charge in [-0.15, -0.1) is 0 Å². The van der Waals surface area contributed by atoms with Gasteiger partial charge in [-0.25, -0.2) is 15.0 Å². The second kappa shape index (κ2) is 6.83. The number of nitrogens with one attached hydrogen (secondary N) is 1. The van der Waals surface area contributed by atoms with Crippen LogP contribution in [0.4, 0.5) is 11.8 Å². The van der Waals surface area contributed by atoms with E-state index in [0.717, 1.165) is 0 Å². The molecule has 0 aromatic carbocycles. The van der Waals surface area contributed by atoms with Gasteiger partial charge in [0.25, 0.3) is 0 Å². The molecule has 11 nitrogen and oxygen atoms in total. The molecule has 1 saturated heterocycles. The highest BCUT2D eigenvalue weighted by molar-refractivity contribution is 5.84. The summed E-state index contributed by atoms with van der Waals surface area (Å²) in [5.41, 5.74) is 6.52. The predicted octanol–water partition coefficient (Wildman–Crippen LogP) is -1.92. The van der Waals surface area contributed by atoms with E-state index in [2.05, 4.69) is 20.3 Å². The number of nitrogens with two attached hydrogens (primary N) is 1. The summed E-state index contributed by atoms with van der Waals surface area (Å²) >= 11 is 0. The lowest BCUT2D eigenvalue weighted by atomic mass is 10.1. The van der Waals surface area contributed by atoms with Gasteiger partial charge in [0.1, 0.15) is 24.6 Å². The first kappa shape index (κ1) is 16.8. The number of methoxy groups -OCH3 is 1. The van der Waals surface area contributed by atoms with Gasteiger partial charge in [-0.3, -0.25) is 4.57 Å². The van der Waals surface area contributed by atoms with Gasteiger partial charge in [0, 0.05) is 13.7 Å². The molecule has 6 N–H and O–H groups in total. The molecular formula is C13H20N6O5. The quantitative estimate of drug-likeness (QED) is 0.375. The Kier molecular flexibility index (Phi) is 4.78. The lowest BCUT2D eigenvalue weighted by Gasteiger charge is -2.19. The van der Waals surface area contributed by atoms with Gasteiger partial charge >= 0.3 is 0 Å². The highest BCUT2D eigenvalue weighted by Crippen LogP contribution is 2.34. The highest BCUT2D eigenvalue weighted by Gasteiger charge is 2.45. The van der Waals surface area contributed by atoms with E-state index in [-0.39, 0.29) is 5.82 Å². The Morgan fingerprint density at radius 2 is 2.17 bits per heavy atom. The number of aliphatic hydroxyl groups is 3. The van der Waals surface area contributed by atoms with Crippen molar-refractivity contribution in [2.75, 3.05) is 37.9 Å². The fourth-order valence-electron chi connectivity index (χ4n) is 2.65. The minimum Gasteiger partial charge on any atom is -0.394 e. The maximum absolute atomic E-state index is 10.3. The number of ether oxygens (including phenoxy) is 2. The average molecular weight is 340 g/mol. The van der Waals surface area contributed by atoms with Crippen molar-refractivity contribution in [3.63, 3.8) is 0 Å². The van der Waals surface area contributed by atoms with Crippen LogP contribution in [0.25, 0.3) is 11.2 Å². The van der Waals surface area contributed by atoms with Crippen molar-refractivity contribution < 1.29 is 24.8 Å². The molecule has 132 valence electrons. The molecule has 1 aliphatic heterocycles. The summed E-state index contributed by atoms with van der Waals surface area (Å²) < 4.78 is 12.1. The van der Waals surface area contributed by atoms with Crippen molar-refractivity contribution in [3.05, 3.63) is 6.33 Å². The number of hydrogen-bond donors (Lipinski definition) is 5. The van der Waals surface area contributed by atoms with Crippen molar-refractivity contribution in [2.24, 2.45) is 0 Å². The molecule has 0 unspecified atom stereocenters. The summed E-state index contributed by atoms with van der Waals surface area (Å²) in [6.07, 6.45) is -3.12. The number of nitrogen functional groups attached to an aromatic ring is 1. The van der Waals surface area contributed by atoms with Crippen LogP contribution in [0.3, 0.4) is 0 Å². The Morgan fingerprint density at radius 3 is 2.83 bits per heavy atom. The highest BCUT2D eigenvalue weighted by atomic mass is 16.6. The van der Waals surface area contributed by atoms with Gasteiger partial charge < -0.3 is 35.8 Å². The molecule has 0 aliphatic carbocycles. The van der Waals surface area contributed by atoms with Crippen LogP contribution in [0.2, 0.25) is 0 Å². The van der Waals surface area contributed by atoms with Gasteiger partial charge in [-0.1, -0.05) is 0 Å². The number of nitrogens with zero attached hydrogens (tertiary/aromatic N) is 4. The van der Waals surface area contributed by atoms with Gasteiger partial charge in [0.2, 0.25) is 5.95 Å². The molecule has 1 fully saturated rings. The van der Waals surface area contributed by atoms with Crippen molar-refractivity contribution in [1.82, 2.24) is 19.5 Å². The first-order valence-electron chi connectivity index (χ1n) is 7.42. The van der Waals surface area contributed by atoms with E-state index >= 15 is 0 Å². The van der Waals surface area contributed by atoms with Gasteiger partial charge in [0.05, 0.1) is 13.2 Å². The number of rotatable bonds is 6. The number of imidazole rings is 1. The third-order valence-electron chi connectivity index (χ3n) is 3.87. The van der Waals surface area contributed by atoms with Crippen LogP contribution in [-0.2, 0) is 9.47 Å². The molecule has 0 radical (unpaired) electrons. The molecule has 11 heteroatoms. The maximum atomic E-state index is 10.3. The second-order valence-corrected chi connectivity index (χ2v) is 5.38. The molecule has 0 saturated carbocycles. The fraction of sp³-hybridized carbons (Fsp3) is 0.615. The molecule has 3 heterocycles. The van der Waals surface area contributed by atoms with E-state index in [0.29, 0.717) is 30.3 Å². The standard InChI is InChI=1S/C13H20N6O5/c1-23-3-2-15-13-18-7-10(14)16-5-17-11(7)19(13)12-9(22)8(21)6(4-20)24-12/h5-6,8-9,12,20-22H,2-4H2,1H3,(H,15,18)(H2,14,16,17)/t6-,8+,9+,12+/m0/s1. The van der Waals surface area contributed by atoms with E-state index < -0.39 is 31.1 Å². The third-order valence-corrected chi connectivity index (χ3v) is 3.87. The fourth-order valence-corrected chi connectivity index (χ4v) is 2.65. The normalized spacial score (nSPS) is 27.0. The largest absolute Gasteiger partial charge is 0.394 e. The predicted molar refractivity (Wildman–Crippen MR) is 83.1 cm³/mol. The zero-order valence-corrected chi connectivity index (χ0v) is 13.0. The number of anilines is 2. The Morgan fingerprint density at radius 1 is 1.38 bits per heavy atom. The van der Waals surface area contributed by atoms with Crippen molar-refractivity contribution >= 4 is 22.9 Å². The first-order chi connectivity index (χ1) is 11.6. The molecule has 24 heavy (non-hydrogen) atoms. The van der Waals surface area contributed by atoms with Crippen LogP contribution in [-0.4, -0.2) is 80.0 Å². The van der Waals surface area contributed by atoms with Crippen molar-refractivity contribution in [3.8, 4) is 0 Å². The summed E-state index contributed by atoms with van der Waals surface area (Å²) in [6, 6.07) is 0. The topological polar surface area (TPSA) is 161 Å². The number of hydrogen-bond acceptors (Lipinski definition) is 10. The zero-order chi connectivity index (χ0) is 17.3. The number of aromatic nitrogens is 4. The Hall–Kier alpha value is -2.05. The summed E-state index contributed by atoms with van der Waals surface area (Å²) in [4.78, 5) is 12.4. The van der Waals surface area contributed by atoms with Crippen LogP contribution in [0.5, 0.6) is 0 Å².